The molecule has 2 heterocycles. The average molecular weight is 275 g/mol. The Morgan fingerprint density at radius 2 is 1.65 bits per heavy atom. The summed E-state index contributed by atoms with van der Waals surface area (Å²) in [5, 5.41) is 10.6. The van der Waals surface area contributed by atoms with Crippen molar-refractivity contribution in [3.05, 3.63) is 35.4 Å². The highest BCUT2D eigenvalue weighted by Gasteiger charge is 2.53. The maximum atomic E-state index is 10.6. The number of ether oxygens (including phenoxy) is 1. The number of aliphatic hydroxyl groups excluding tert-OH is 1. The Hall–Kier alpha value is -0.900. The van der Waals surface area contributed by atoms with Gasteiger partial charge in [-0.05, 0) is 38.8 Å². The highest BCUT2D eigenvalue weighted by molar-refractivity contribution is 5.30. The van der Waals surface area contributed by atoms with E-state index in [-0.39, 0.29) is 11.5 Å². The second-order valence-electron chi connectivity index (χ2n) is 7.30. The summed E-state index contributed by atoms with van der Waals surface area (Å²) in [6, 6.07) is 8.60. The van der Waals surface area contributed by atoms with E-state index in [4.69, 9.17) is 4.74 Å². The van der Waals surface area contributed by atoms with E-state index in [9.17, 15) is 5.11 Å². The smallest absolute Gasteiger partial charge is 0.0896 e. The van der Waals surface area contributed by atoms with Gasteiger partial charge in [-0.3, -0.25) is 4.90 Å². The van der Waals surface area contributed by atoms with E-state index >= 15 is 0 Å². The van der Waals surface area contributed by atoms with Crippen molar-refractivity contribution in [3.8, 4) is 0 Å². The summed E-state index contributed by atoms with van der Waals surface area (Å²) in [6.07, 6.45) is -0.416. The largest absolute Gasteiger partial charge is 0.390 e. The summed E-state index contributed by atoms with van der Waals surface area (Å²) in [4.78, 5) is 2.42. The zero-order chi connectivity index (χ0) is 14.5. The van der Waals surface area contributed by atoms with E-state index in [0.29, 0.717) is 0 Å². The summed E-state index contributed by atoms with van der Waals surface area (Å²) >= 11 is 0. The Morgan fingerprint density at radius 3 is 2.10 bits per heavy atom. The topological polar surface area (TPSA) is 32.7 Å². The van der Waals surface area contributed by atoms with Crippen LogP contribution in [0.2, 0.25) is 0 Å². The van der Waals surface area contributed by atoms with Crippen LogP contribution in [0.4, 0.5) is 0 Å². The predicted molar refractivity (Wildman–Crippen MR) is 79.3 cm³/mol. The molecule has 0 radical (unpaired) electrons. The van der Waals surface area contributed by atoms with Gasteiger partial charge >= 0.3 is 0 Å². The Kier molecular flexibility index (Phi) is 3.20. The predicted octanol–water partition coefficient (Wildman–Crippen LogP) is 2.57. The summed E-state index contributed by atoms with van der Waals surface area (Å²) in [6.45, 7) is 11.0. The highest BCUT2D eigenvalue weighted by Crippen LogP contribution is 2.43. The molecular formula is C17H25NO2. The molecule has 3 rings (SSSR count). The zero-order valence-electron chi connectivity index (χ0n) is 12.9. The number of hydrogen-bond donors (Lipinski definition) is 1. The Bertz CT molecular complexity index is 484. The van der Waals surface area contributed by atoms with Gasteiger partial charge in [0.05, 0.1) is 17.3 Å². The van der Waals surface area contributed by atoms with Gasteiger partial charge in [0.1, 0.15) is 0 Å². The molecule has 0 aliphatic carbocycles. The highest BCUT2D eigenvalue weighted by atomic mass is 16.5. The lowest BCUT2D eigenvalue weighted by Crippen LogP contribution is -2.42. The van der Waals surface area contributed by atoms with Gasteiger partial charge in [-0.15, -0.1) is 0 Å². The lowest BCUT2D eigenvalue weighted by atomic mass is 9.84. The molecule has 20 heavy (non-hydrogen) atoms. The van der Waals surface area contributed by atoms with E-state index in [1.807, 2.05) is 13.8 Å². The fourth-order valence-corrected chi connectivity index (χ4v) is 3.81. The second kappa shape index (κ2) is 4.55. The number of aliphatic hydroxyl groups is 1. The van der Waals surface area contributed by atoms with Crippen LogP contribution in [-0.4, -0.2) is 33.9 Å². The third-order valence-corrected chi connectivity index (χ3v) is 4.87. The minimum Gasteiger partial charge on any atom is -0.390 e. The van der Waals surface area contributed by atoms with Crippen molar-refractivity contribution in [3.63, 3.8) is 0 Å². The third-order valence-electron chi connectivity index (χ3n) is 4.87. The van der Waals surface area contributed by atoms with E-state index in [1.165, 1.54) is 11.1 Å². The molecule has 0 amide bonds. The maximum Gasteiger partial charge on any atom is 0.0896 e. The molecule has 2 atom stereocenters. The quantitative estimate of drug-likeness (QED) is 0.900. The zero-order valence-corrected chi connectivity index (χ0v) is 12.9. The first-order valence-corrected chi connectivity index (χ1v) is 7.47. The first-order valence-electron chi connectivity index (χ1n) is 7.47. The molecule has 1 aromatic carbocycles. The van der Waals surface area contributed by atoms with Crippen LogP contribution in [0.25, 0.3) is 0 Å². The molecule has 0 bridgehead atoms. The van der Waals surface area contributed by atoms with Gasteiger partial charge < -0.3 is 9.84 Å². The lowest BCUT2D eigenvalue weighted by Gasteiger charge is -2.30. The van der Waals surface area contributed by atoms with Gasteiger partial charge in [0.25, 0.3) is 0 Å². The van der Waals surface area contributed by atoms with E-state index in [1.54, 1.807) is 0 Å². The van der Waals surface area contributed by atoms with Crippen LogP contribution in [0.5, 0.6) is 0 Å². The number of rotatable bonds is 2. The van der Waals surface area contributed by atoms with E-state index in [0.717, 1.165) is 19.6 Å². The molecule has 2 unspecified atom stereocenters. The van der Waals surface area contributed by atoms with Gasteiger partial charge in [-0.25, -0.2) is 0 Å². The molecule has 1 N–H and O–H groups in total. The molecule has 3 nitrogen and oxygen atoms in total. The molecule has 2 aliphatic rings. The molecule has 1 aromatic rings. The molecule has 110 valence electrons. The first kappa shape index (κ1) is 14.1. The standard InChI is InChI=1S/C17H25NO2/c1-16(2)14(15(19)17(3,4)20-16)11-18-9-12-7-5-6-8-13(12)10-18/h5-8,14-15,19H,9-11H2,1-4H3. The Balaban J connectivity index is 1.73. The lowest BCUT2D eigenvalue weighted by molar-refractivity contribution is -0.0914. The van der Waals surface area contributed by atoms with Gasteiger partial charge in [0.15, 0.2) is 0 Å². The molecule has 0 saturated carbocycles. The molecule has 1 saturated heterocycles. The van der Waals surface area contributed by atoms with Crippen LogP contribution in [0.15, 0.2) is 24.3 Å². The number of hydrogen-bond acceptors (Lipinski definition) is 3. The third kappa shape index (κ3) is 2.28. The van der Waals surface area contributed by atoms with Gasteiger partial charge in [0, 0.05) is 25.6 Å². The van der Waals surface area contributed by atoms with E-state index < -0.39 is 11.7 Å². The van der Waals surface area contributed by atoms with Gasteiger partial charge in [0.2, 0.25) is 0 Å². The summed E-state index contributed by atoms with van der Waals surface area (Å²) < 4.78 is 6.07. The second-order valence-corrected chi connectivity index (χ2v) is 7.30. The summed E-state index contributed by atoms with van der Waals surface area (Å²) in [5.41, 5.74) is 2.09. The van der Waals surface area contributed by atoms with Crippen LogP contribution < -0.4 is 0 Å². The minimum absolute atomic E-state index is 0.145. The minimum atomic E-state index is -0.458. The van der Waals surface area contributed by atoms with Crippen molar-refractivity contribution < 1.29 is 9.84 Å². The monoisotopic (exact) mass is 275 g/mol. The Labute approximate surface area is 121 Å². The van der Waals surface area contributed by atoms with Gasteiger partial charge in [-0.2, -0.15) is 0 Å². The van der Waals surface area contributed by atoms with Gasteiger partial charge in [-0.1, -0.05) is 24.3 Å². The summed E-state index contributed by atoms with van der Waals surface area (Å²) in [7, 11) is 0. The molecule has 1 fully saturated rings. The molecule has 0 aromatic heterocycles. The normalized spacial score (nSPS) is 31.4. The van der Waals surface area contributed by atoms with Crippen molar-refractivity contribution in [2.45, 2.75) is 58.1 Å². The van der Waals surface area contributed by atoms with Crippen LogP contribution in [0.3, 0.4) is 0 Å². The number of fused-ring (bicyclic) bond motifs is 1. The van der Waals surface area contributed by atoms with E-state index in [2.05, 4.69) is 43.0 Å². The molecule has 3 heteroatoms. The molecular weight excluding hydrogens is 250 g/mol. The molecule has 2 aliphatic heterocycles. The fraction of sp³-hybridized carbons (Fsp3) is 0.647. The summed E-state index contributed by atoms with van der Waals surface area (Å²) in [5.74, 6) is 0.145. The first-order chi connectivity index (χ1) is 9.29. The van der Waals surface area contributed by atoms with Crippen molar-refractivity contribution in [1.82, 2.24) is 4.90 Å². The van der Waals surface area contributed by atoms with Crippen molar-refractivity contribution >= 4 is 0 Å². The Morgan fingerprint density at radius 1 is 1.10 bits per heavy atom. The fourth-order valence-electron chi connectivity index (χ4n) is 3.81. The number of benzene rings is 1. The van der Waals surface area contributed by atoms with Crippen molar-refractivity contribution in [2.24, 2.45) is 5.92 Å². The maximum absolute atomic E-state index is 10.6. The van der Waals surface area contributed by atoms with Crippen LogP contribution in [-0.2, 0) is 17.8 Å². The van der Waals surface area contributed by atoms with Crippen molar-refractivity contribution in [2.75, 3.05) is 6.54 Å². The van der Waals surface area contributed by atoms with Crippen LogP contribution >= 0.6 is 0 Å². The number of nitrogens with zero attached hydrogens (tertiary/aromatic N) is 1. The SMILES string of the molecule is CC1(C)OC(C)(C)C(CN2Cc3ccccc3C2)C1O. The molecule has 0 spiro atoms. The van der Waals surface area contributed by atoms with Crippen molar-refractivity contribution in [1.29, 1.82) is 0 Å². The van der Waals surface area contributed by atoms with Crippen LogP contribution in [0, 0.1) is 5.92 Å². The van der Waals surface area contributed by atoms with Crippen LogP contribution in [0.1, 0.15) is 38.8 Å². The average Bonchev–Trinajstić information content (AvgIpc) is 2.81.